The highest BCUT2D eigenvalue weighted by Gasteiger charge is 2.34. The van der Waals surface area contributed by atoms with E-state index in [0.717, 1.165) is 21.0 Å². The molecule has 0 heterocycles. The molecule has 4 rings (SSSR count). The summed E-state index contributed by atoms with van der Waals surface area (Å²) in [4.78, 5) is 29.8. The van der Waals surface area contributed by atoms with Crippen LogP contribution in [0.4, 0.5) is 5.69 Å². The first kappa shape index (κ1) is 33.3. The second-order valence-electron chi connectivity index (χ2n) is 11.1. The van der Waals surface area contributed by atoms with Crippen LogP contribution in [0.25, 0.3) is 0 Å². The Morgan fingerprint density at radius 3 is 1.98 bits per heavy atom. The number of carbonyl (C=O) groups is 2. The van der Waals surface area contributed by atoms with Gasteiger partial charge >= 0.3 is 0 Å². The number of benzene rings is 4. The molecule has 4 aromatic carbocycles. The molecule has 0 aliphatic heterocycles. The highest BCUT2D eigenvalue weighted by Crippen LogP contribution is 2.27. The summed E-state index contributed by atoms with van der Waals surface area (Å²) in [6.45, 7) is 7.63. The van der Waals surface area contributed by atoms with Crippen molar-refractivity contribution >= 4 is 27.5 Å². The van der Waals surface area contributed by atoms with Gasteiger partial charge in [-0.3, -0.25) is 13.9 Å². The maximum Gasteiger partial charge on any atom is 0.264 e. The average Bonchev–Trinajstić information content (AvgIpc) is 3.03. The van der Waals surface area contributed by atoms with Crippen molar-refractivity contribution in [2.24, 2.45) is 0 Å². The van der Waals surface area contributed by atoms with Gasteiger partial charge < -0.3 is 15.0 Å². The first-order valence-electron chi connectivity index (χ1n) is 15.1. The van der Waals surface area contributed by atoms with Gasteiger partial charge in [-0.15, -0.1) is 0 Å². The van der Waals surface area contributed by atoms with E-state index < -0.39 is 28.5 Å². The van der Waals surface area contributed by atoms with E-state index >= 15 is 0 Å². The first-order valence-corrected chi connectivity index (χ1v) is 16.5. The van der Waals surface area contributed by atoms with Crippen molar-refractivity contribution in [2.45, 2.75) is 57.6 Å². The van der Waals surface area contributed by atoms with Crippen LogP contribution in [-0.2, 0) is 32.6 Å². The van der Waals surface area contributed by atoms with Crippen LogP contribution >= 0.6 is 0 Å². The molecular weight excluding hydrogens is 586 g/mol. The highest BCUT2D eigenvalue weighted by molar-refractivity contribution is 7.92. The molecule has 0 bridgehead atoms. The van der Waals surface area contributed by atoms with E-state index in [1.807, 2.05) is 82.3 Å². The van der Waals surface area contributed by atoms with Crippen LogP contribution in [0.5, 0.6) is 5.75 Å². The van der Waals surface area contributed by atoms with E-state index in [-0.39, 0.29) is 29.8 Å². The van der Waals surface area contributed by atoms with E-state index in [2.05, 4.69) is 5.32 Å². The zero-order valence-electron chi connectivity index (χ0n) is 26.2. The van der Waals surface area contributed by atoms with Gasteiger partial charge in [-0.1, -0.05) is 78.4 Å². The Labute approximate surface area is 266 Å². The fourth-order valence-corrected chi connectivity index (χ4v) is 6.38. The Morgan fingerprint density at radius 2 is 1.40 bits per heavy atom. The number of aryl methyl sites for hydroxylation is 1. The van der Waals surface area contributed by atoms with Gasteiger partial charge in [0.2, 0.25) is 11.8 Å². The fourth-order valence-electron chi connectivity index (χ4n) is 4.95. The smallest absolute Gasteiger partial charge is 0.264 e. The molecule has 1 N–H and O–H groups in total. The highest BCUT2D eigenvalue weighted by atomic mass is 32.2. The van der Waals surface area contributed by atoms with Crippen LogP contribution in [-0.4, -0.2) is 50.4 Å². The Morgan fingerprint density at radius 1 is 0.800 bits per heavy atom. The number of anilines is 1. The Bertz CT molecular complexity index is 1640. The Kier molecular flexibility index (Phi) is 11.4. The van der Waals surface area contributed by atoms with Gasteiger partial charge in [-0.25, -0.2) is 8.42 Å². The van der Waals surface area contributed by atoms with E-state index in [9.17, 15) is 18.0 Å². The molecule has 8 nitrogen and oxygen atoms in total. The minimum atomic E-state index is -4.17. The lowest BCUT2D eigenvalue weighted by Crippen LogP contribution is -2.54. The standard InChI is InChI=1S/C36H41N3O5S/c1-5-44-32-22-20-31(21-23-32)39(45(42,43)33-14-10-7-11-15-33)26-35(40)38(25-30-18-16-28(4)17-19-30)34(36(41)37-27(2)3)24-29-12-8-6-9-13-29/h6-23,27,34H,5,24-26H2,1-4H3,(H,37,41)/t34-/m0/s1. The molecule has 0 aliphatic carbocycles. The van der Waals surface area contributed by atoms with Crippen molar-refractivity contribution < 1.29 is 22.7 Å². The number of hydrogen-bond acceptors (Lipinski definition) is 5. The van der Waals surface area contributed by atoms with E-state index in [1.54, 1.807) is 42.5 Å². The average molecular weight is 628 g/mol. The minimum absolute atomic E-state index is 0.0511. The lowest BCUT2D eigenvalue weighted by molar-refractivity contribution is -0.140. The maximum absolute atomic E-state index is 14.5. The van der Waals surface area contributed by atoms with Crippen molar-refractivity contribution in [3.05, 3.63) is 126 Å². The lowest BCUT2D eigenvalue weighted by Gasteiger charge is -2.34. The largest absolute Gasteiger partial charge is 0.494 e. The molecule has 2 amide bonds. The summed E-state index contributed by atoms with van der Waals surface area (Å²) >= 11 is 0. The Balaban J connectivity index is 1.79. The molecule has 0 saturated heterocycles. The van der Waals surface area contributed by atoms with Crippen LogP contribution < -0.4 is 14.4 Å². The second kappa shape index (κ2) is 15.4. The number of ether oxygens (including phenoxy) is 1. The molecule has 4 aromatic rings. The van der Waals surface area contributed by atoms with Gasteiger partial charge in [-0.05, 0) is 75.2 Å². The first-order chi connectivity index (χ1) is 21.6. The van der Waals surface area contributed by atoms with Crippen LogP contribution in [0.2, 0.25) is 0 Å². The molecule has 1 atom stereocenters. The van der Waals surface area contributed by atoms with Crippen LogP contribution in [0.15, 0.2) is 114 Å². The number of rotatable bonds is 14. The van der Waals surface area contributed by atoms with Gasteiger partial charge in [0.05, 0.1) is 17.2 Å². The minimum Gasteiger partial charge on any atom is -0.494 e. The van der Waals surface area contributed by atoms with Gasteiger partial charge in [-0.2, -0.15) is 0 Å². The summed E-state index contributed by atoms with van der Waals surface area (Å²) in [6, 6.07) is 30.8. The van der Waals surface area contributed by atoms with Crippen molar-refractivity contribution in [1.82, 2.24) is 10.2 Å². The normalized spacial score (nSPS) is 11.9. The monoisotopic (exact) mass is 627 g/mol. The van der Waals surface area contributed by atoms with E-state index in [0.29, 0.717) is 18.0 Å². The number of carbonyl (C=O) groups excluding carboxylic acids is 2. The van der Waals surface area contributed by atoms with Gasteiger partial charge in [0.25, 0.3) is 10.0 Å². The summed E-state index contributed by atoms with van der Waals surface area (Å²) in [5.74, 6) is -0.240. The second-order valence-corrected chi connectivity index (χ2v) is 13.0. The van der Waals surface area contributed by atoms with Crippen molar-refractivity contribution in [2.75, 3.05) is 17.5 Å². The van der Waals surface area contributed by atoms with E-state index in [4.69, 9.17) is 4.74 Å². The fraction of sp³-hybridized carbons (Fsp3) is 0.278. The molecule has 0 saturated carbocycles. The number of nitrogens with one attached hydrogen (secondary N) is 1. The number of nitrogens with zero attached hydrogens (tertiary/aromatic N) is 2. The SMILES string of the molecule is CCOc1ccc(N(CC(=O)N(Cc2ccc(C)cc2)[C@@H](Cc2ccccc2)C(=O)NC(C)C)S(=O)(=O)c2ccccc2)cc1. The maximum atomic E-state index is 14.5. The van der Waals surface area contributed by atoms with Crippen LogP contribution in [0.3, 0.4) is 0 Å². The summed E-state index contributed by atoms with van der Waals surface area (Å²) < 4.78 is 34.8. The molecule has 0 radical (unpaired) electrons. The predicted octanol–water partition coefficient (Wildman–Crippen LogP) is 5.75. The van der Waals surface area contributed by atoms with Gasteiger partial charge in [0.15, 0.2) is 0 Å². The molecule has 45 heavy (non-hydrogen) atoms. The van der Waals surface area contributed by atoms with Crippen LogP contribution in [0, 0.1) is 6.92 Å². The molecule has 236 valence electrons. The molecule has 0 spiro atoms. The summed E-state index contributed by atoms with van der Waals surface area (Å²) in [5.41, 5.74) is 3.06. The molecule has 0 unspecified atom stereocenters. The third kappa shape index (κ3) is 8.95. The predicted molar refractivity (Wildman–Crippen MR) is 178 cm³/mol. The lowest BCUT2D eigenvalue weighted by atomic mass is 10.0. The third-order valence-electron chi connectivity index (χ3n) is 7.22. The molecule has 0 aliphatic rings. The summed E-state index contributed by atoms with van der Waals surface area (Å²) in [5, 5.41) is 2.97. The molecular formula is C36H41N3O5S. The van der Waals surface area contributed by atoms with Gasteiger partial charge in [0.1, 0.15) is 18.3 Å². The zero-order valence-corrected chi connectivity index (χ0v) is 27.0. The Hall–Kier alpha value is -4.63. The summed E-state index contributed by atoms with van der Waals surface area (Å²) in [7, 11) is -4.17. The third-order valence-corrected chi connectivity index (χ3v) is 9.01. The number of sulfonamides is 1. The van der Waals surface area contributed by atoms with Gasteiger partial charge in [0, 0.05) is 19.0 Å². The number of hydrogen-bond donors (Lipinski definition) is 1. The van der Waals surface area contributed by atoms with Crippen molar-refractivity contribution in [1.29, 1.82) is 0 Å². The quantitative estimate of drug-likeness (QED) is 0.192. The topological polar surface area (TPSA) is 96.0 Å². The number of amides is 2. The van der Waals surface area contributed by atoms with E-state index in [1.165, 1.54) is 17.0 Å². The van der Waals surface area contributed by atoms with Crippen molar-refractivity contribution in [3.63, 3.8) is 0 Å². The summed E-state index contributed by atoms with van der Waals surface area (Å²) in [6.07, 6.45) is 0.255. The van der Waals surface area contributed by atoms with Crippen LogP contribution in [0.1, 0.15) is 37.5 Å². The molecule has 9 heteroatoms. The zero-order chi connectivity index (χ0) is 32.4. The molecule has 0 aromatic heterocycles. The van der Waals surface area contributed by atoms with Crippen molar-refractivity contribution in [3.8, 4) is 5.75 Å². The molecule has 0 fully saturated rings.